The summed E-state index contributed by atoms with van der Waals surface area (Å²) in [6.07, 6.45) is 3.65. The predicted octanol–water partition coefficient (Wildman–Crippen LogP) is 5.31. The third-order valence-corrected chi connectivity index (χ3v) is 7.42. The molecule has 2 aromatic carbocycles. The molecule has 0 amide bonds. The highest BCUT2D eigenvalue weighted by molar-refractivity contribution is 6.26. The molecule has 0 spiro atoms. The van der Waals surface area contributed by atoms with Gasteiger partial charge in [-0.25, -0.2) is 4.98 Å². The molecule has 2 fully saturated rings. The van der Waals surface area contributed by atoms with Gasteiger partial charge in [0.2, 0.25) is 5.89 Å². The number of allylic oxidation sites excluding steroid dienone is 1. The van der Waals surface area contributed by atoms with Gasteiger partial charge >= 0.3 is 0 Å². The maximum atomic E-state index is 13.5. The normalized spacial score (nSPS) is 28.6. The molecule has 2 saturated heterocycles. The number of benzene rings is 2. The Hall–Kier alpha value is -3.18. The second kappa shape index (κ2) is 6.91. The first-order valence-electron chi connectivity index (χ1n) is 11.1. The number of Topliss-reactive ketones (excluding diaryl/α,β-unsaturated/α-hetero) is 1. The molecule has 3 aromatic rings. The summed E-state index contributed by atoms with van der Waals surface area (Å²) in [5.74, 6) is 0.438. The second-order valence-corrected chi connectivity index (χ2v) is 9.39. The average molecular weight is 428 g/mol. The van der Waals surface area contributed by atoms with Gasteiger partial charge in [0.05, 0.1) is 35.8 Å². The highest BCUT2D eigenvalue weighted by atomic mass is 16.5. The van der Waals surface area contributed by atoms with Gasteiger partial charge in [0.1, 0.15) is 12.0 Å². The van der Waals surface area contributed by atoms with E-state index in [0.717, 1.165) is 39.8 Å². The summed E-state index contributed by atoms with van der Waals surface area (Å²) in [7, 11) is 0. The van der Waals surface area contributed by atoms with Crippen LogP contribution in [0.2, 0.25) is 0 Å². The Labute approximate surface area is 186 Å². The Morgan fingerprint density at radius 2 is 1.75 bits per heavy atom. The van der Waals surface area contributed by atoms with E-state index in [4.69, 9.17) is 9.15 Å². The van der Waals surface area contributed by atoms with Crippen LogP contribution >= 0.6 is 0 Å². The van der Waals surface area contributed by atoms with E-state index in [0.29, 0.717) is 11.5 Å². The molecule has 0 unspecified atom stereocenters. The van der Waals surface area contributed by atoms with Crippen molar-refractivity contribution in [3.63, 3.8) is 0 Å². The van der Waals surface area contributed by atoms with E-state index < -0.39 is 0 Å². The molecule has 32 heavy (non-hydrogen) atoms. The molecule has 1 N–H and O–H groups in total. The van der Waals surface area contributed by atoms with Crippen LogP contribution < -0.4 is 0 Å². The van der Waals surface area contributed by atoms with Gasteiger partial charge in [0, 0.05) is 11.5 Å². The van der Waals surface area contributed by atoms with E-state index >= 15 is 0 Å². The van der Waals surface area contributed by atoms with Crippen LogP contribution in [0.15, 0.2) is 59.0 Å². The SMILES string of the molecule is Cc1cc(C)c(C2=C(O)[C@@H]3[C@@H]4O[C@@H](C[C@H]4c4ccc(-c5ncco5)cc4)[C@@H]3C2=O)c(C)c1. The van der Waals surface area contributed by atoms with Crippen LogP contribution in [-0.2, 0) is 9.53 Å². The Bertz CT molecular complexity index is 1230. The summed E-state index contributed by atoms with van der Waals surface area (Å²) >= 11 is 0. The molecule has 1 aliphatic carbocycles. The minimum Gasteiger partial charge on any atom is -0.511 e. The van der Waals surface area contributed by atoms with Crippen LogP contribution in [0.5, 0.6) is 0 Å². The number of fused-ring (bicyclic) bond motifs is 5. The number of oxazole rings is 1. The molecule has 3 heterocycles. The lowest BCUT2D eigenvalue weighted by Crippen LogP contribution is -2.33. The summed E-state index contributed by atoms with van der Waals surface area (Å²) in [5.41, 5.74) is 6.70. The van der Waals surface area contributed by atoms with Crippen LogP contribution in [0.4, 0.5) is 0 Å². The molecule has 0 radical (unpaired) electrons. The zero-order chi connectivity index (χ0) is 22.1. The maximum Gasteiger partial charge on any atom is 0.225 e. The smallest absolute Gasteiger partial charge is 0.225 e. The van der Waals surface area contributed by atoms with E-state index in [-0.39, 0.29) is 41.5 Å². The van der Waals surface area contributed by atoms with Crippen LogP contribution in [0.25, 0.3) is 17.0 Å². The molecule has 5 atom stereocenters. The Morgan fingerprint density at radius 3 is 2.41 bits per heavy atom. The van der Waals surface area contributed by atoms with Gasteiger partial charge in [-0.15, -0.1) is 0 Å². The van der Waals surface area contributed by atoms with Crippen LogP contribution in [0, 0.1) is 32.6 Å². The van der Waals surface area contributed by atoms with Crippen molar-refractivity contribution < 1.29 is 19.1 Å². The standard InChI is InChI=1S/C27H25NO4/c1-13-10-14(2)20(15(3)11-13)22-24(29)21-19-12-18(26(32-19)23(21)25(22)30)16-4-6-17(7-5-16)27-28-8-9-31-27/h4-11,18-19,21,23,26,30H,12H2,1-3H3/t18-,19-,21-,23+,26+/m0/s1. The second-order valence-electron chi connectivity index (χ2n) is 9.39. The molecule has 5 nitrogen and oxygen atoms in total. The molecule has 5 heteroatoms. The minimum absolute atomic E-state index is 0.0349. The number of aliphatic hydroxyl groups is 1. The van der Waals surface area contributed by atoms with E-state index in [2.05, 4.69) is 36.2 Å². The molecule has 3 aliphatic rings. The Balaban J connectivity index is 1.35. The Morgan fingerprint density at radius 1 is 1.03 bits per heavy atom. The topological polar surface area (TPSA) is 72.6 Å². The van der Waals surface area contributed by atoms with Crippen molar-refractivity contribution >= 4 is 11.4 Å². The molecule has 2 bridgehead atoms. The lowest BCUT2D eigenvalue weighted by atomic mass is 9.72. The summed E-state index contributed by atoms with van der Waals surface area (Å²) in [6, 6.07) is 12.3. The van der Waals surface area contributed by atoms with Crippen LogP contribution in [-0.4, -0.2) is 28.1 Å². The maximum absolute atomic E-state index is 13.5. The first-order chi connectivity index (χ1) is 15.4. The number of rotatable bonds is 3. The zero-order valence-electron chi connectivity index (χ0n) is 18.3. The lowest BCUT2D eigenvalue weighted by Gasteiger charge is -2.27. The van der Waals surface area contributed by atoms with Crippen molar-refractivity contribution in [2.45, 2.75) is 45.3 Å². The molecule has 1 aromatic heterocycles. The third-order valence-electron chi connectivity index (χ3n) is 7.42. The highest BCUT2D eigenvalue weighted by Crippen LogP contribution is 2.58. The summed E-state index contributed by atoms with van der Waals surface area (Å²) < 4.78 is 11.7. The van der Waals surface area contributed by atoms with Crippen molar-refractivity contribution in [3.05, 3.63) is 82.4 Å². The average Bonchev–Trinajstić information content (AvgIpc) is 3.54. The zero-order valence-corrected chi connectivity index (χ0v) is 18.3. The third kappa shape index (κ3) is 2.67. The molecular weight excluding hydrogens is 402 g/mol. The van der Waals surface area contributed by atoms with E-state index in [1.54, 1.807) is 12.5 Å². The predicted molar refractivity (Wildman–Crippen MR) is 120 cm³/mol. The Kier molecular flexibility index (Phi) is 4.21. The number of ether oxygens (including phenoxy) is 1. The van der Waals surface area contributed by atoms with E-state index in [1.807, 2.05) is 26.0 Å². The number of aliphatic hydroxyl groups excluding tert-OH is 1. The first-order valence-corrected chi connectivity index (χ1v) is 11.1. The van der Waals surface area contributed by atoms with Crippen molar-refractivity contribution in [1.29, 1.82) is 0 Å². The number of carbonyl (C=O) groups is 1. The van der Waals surface area contributed by atoms with E-state index in [1.165, 1.54) is 0 Å². The van der Waals surface area contributed by atoms with E-state index in [9.17, 15) is 9.90 Å². The van der Waals surface area contributed by atoms with Gasteiger partial charge in [-0.1, -0.05) is 29.8 Å². The molecular formula is C27H25NO4. The molecule has 0 saturated carbocycles. The van der Waals surface area contributed by atoms with Crippen LogP contribution in [0.1, 0.15) is 40.2 Å². The number of hydrogen-bond donors (Lipinski definition) is 1. The lowest BCUT2D eigenvalue weighted by molar-refractivity contribution is -0.118. The van der Waals surface area contributed by atoms with Gasteiger partial charge in [-0.3, -0.25) is 4.79 Å². The van der Waals surface area contributed by atoms with Gasteiger partial charge in [-0.2, -0.15) is 0 Å². The largest absolute Gasteiger partial charge is 0.511 e. The van der Waals surface area contributed by atoms with Crippen molar-refractivity contribution in [1.82, 2.24) is 4.98 Å². The van der Waals surface area contributed by atoms with Crippen LogP contribution in [0.3, 0.4) is 0 Å². The fourth-order valence-electron chi connectivity index (χ4n) is 6.25. The summed E-state index contributed by atoms with van der Waals surface area (Å²) in [5, 5.41) is 11.3. The number of ketones is 1. The van der Waals surface area contributed by atoms with Crippen molar-refractivity contribution in [2.24, 2.45) is 11.8 Å². The highest BCUT2D eigenvalue weighted by Gasteiger charge is 2.62. The summed E-state index contributed by atoms with van der Waals surface area (Å²) in [4.78, 5) is 17.7. The monoisotopic (exact) mass is 427 g/mol. The number of aryl methyl sites for hydroxylation is 3. The molecule has 2 aliphatic heterocycles. The first kappa shape index (κ1) is 19.5. The fraction of sp³-hybridized carbons (Fsp3) is 0.333. The minimum atomic E-state index is -0.280. The van der Waals surface area contributed by atoms with Gasteiger partial charge in [-0.05, 0) is 61.6 Å². The van der Waals surface area contributed by atoms with Gasteiger partial charge in [0.15, 0.2) is 5.78 Å². The quantitative estimate of drug-likeness (QED) is 0.614. The van der Waals surface area contributed by atoms with Crippen molar-refractivity contribution in [3.8, 4) is 11.5 Å². The molecule has 6 rings (SSSR count). The van der Waals surface area contributed by atoms with Gasteiger partial charge in [0.25, 0.3) is 0 Å². The number of nitrogens with zero attached hydrogens (tertiary/aromatic N) is 1. The number of hydrogen-bond acceptors (Lipinski definition) is 5. The van der Waals surface area contributed by atoms with Gasteiger partial charge < -0.3 is 14.3 Å². The number of aromatic nitrogens is 1. The molecule has 162 valence electrons. The van der Waals surface area contributed by atoms with Crippen molar-refractivity contribution in [2.75, 3.05) is 0 Å². The fourth-order valence-corrected chi connectivity index (χ4v) is 6.25. The number of carbonyl (C=O) groups excluding carboxylic acids is 1. The summed E-state index contributed by atoms with van der Waals surface area (Å²) in [6.45, 7) is 6.08.